The molecule has 1 heterocycles. The number of hydrogen-bond acceptors (Lipinski definition) is 4. The van der Waals surface area contributed by atoms with Crippen molar-refractivity contribution >= 4 is 23.8 Å². The van der Waals surface area contributed by atoms with Crippen LogP contribution in [-0.4, -0.2) is 64.4 Å². The zero-order valence-electron chi connectivity index (χ0n) is 14.6. The van der Waals surface area contributed by atoms with Crippen LogP contribution in [0.15, 0.2) is 0 Å². The molecule has 1 aliphatic heterocycles. The van der Waals surface area contributed by atoms with Crippen molar-refractivity contribution in [3.63, 3.8) is 0 Å². The van der Waals surface area contributed by atoms with Crippen LogP contribution >= 0.6 is 0 Å². The van der Waals surface area contributed by atoms with E-state index >= 15 is 0 Å². The topological polar surface area (TPSA) is 107 Å². The highest BCUT2D eigenvalue weighted by Crippen LogP contribution is 2.46. The van der Waals surface area contributed by atoms with E-state index in [4.69, 9.17) is 5.11 Å². The number of nitrogens with zero attached hydrogens (tertiary/aromatic N) is 2. The van der Waals surface area contributed by atoms with Gasteiger partial charge in [-0.2, -0.15) is 0 Å². The molecule has 0 aromatic rings. The third kappa shape index (κ3) is 3.52. The van der Waals surface area contributed by atoms with Gasteiger partial charge in [-0.15, -0.1) is 0 Å². The van der Waals surface area contributed by atoms with Gasteiger partial charge in [-0.25, -0.2) is 4.79 Å². The molecule has 1 saturated heterocycles. The molecule has 1 aliphatic carbocycles. The quantitative estimate of drug-likeness (QED) is 0.732. The fourth-order valence-electron chi connectivity index (χ4n) is 4.20. The molecule has 134 valence electrons. The second-order valence-electron chi connectivity index (χ2n) is 7.90. The monoisotopic (exact) mass is 339 g/mol. The molecule has 2 aliphatic rings. The van der Waals surface area contributed by atoms with Gasteiger partial charge >= 0.3 is 12.0 Å². The second kappa shape index (κ2) is 6.07. The Morgan fingerprint density at radius 2 is 1.96 bits per heavy atom. The summed E-state index contributed by atoms with van der Waals surface area (Å²) in [6.45, 7) is 5.27. The summed E-state index contributed by atoms with van der Waals surface area (Å²) in [5, 5.41) is 11.5. The molecule has 24 heavy (non-hydrogen) atoms. The van der Waals surface area contributed by atoms with Gasteiger partial charge in [0, 0.05) is 7.05 Å². The number of rotatable bonds is 4. The molecule has 2 atom stereocenters. The van der Waals surface area contributed by atoms with E-state index in [-0.39, 0.29) is 17.2 Å². The third-order valence-corrected chi connectivity index (χ3v) is 4.72. The molecule has 4 amide bonds. The summed E-state index contributed by atoms with van der Waals surface area (Å²) in [6.07, 6.45) is 2.05. The van der Waals surface area contributed by atoms with Crippen molar-refractivity contribution in [2.75, 3.05) is 20.1 Å². The standard InChI is InChI=1S/C16H25N3O5/c1-10-5-15(2,3)9-16(6-10)13(23)19(14(24)17-16)7-11(20)18(4)8-12(21)22/h10H,5-9H2,1-4H3,(H,17,24)(H,21,22). The summed E-state index contributed by atoms with van der Waals surface area (Å²) in [6, 6.07) is -0.582. The minimum Gasteiger partial charge on any atom is -0.480 e. The molecule has 0 aromatic carbocycles. The highest BCUT2D eigenvalue weighted by molar-refractivity contribution is 6.09. The zero-order chi connectivity index (χ0) is 18.3. The van der Waals surface area contributed by atoms with Gasteiger partial charge in [-0.1, -0.05) is 20.8 Å². The van der Waals surface area contributed by atoms with E-state index in [1.54, 1.807) is 0 Å². The Hall–Kier alpha value is -2.12. The predicted octanol–water partition coefficient (Wildman–Crippen LogP) is 0.666. The highest BCUT2D eigenvalue weighted by Gasteiger charge is 2.56. The lowest BCUT2D eigenvalue weighted by Gasteiger charge is -2.43. The second-order valence-corrected chi connectivity index (χ2v) is 7.90. The fraction of sp³-hybridized carbons (Fsp3) is 0.750. The maximum absolute atomic E-state index is 12.9. The molecule has 0 bridgehead atoms. The minimum atomic E-state index is -1.15. The van der Waals surface area contributed by atoms with Crippen LogP contribution in [0, 0.1) is 11.3 Å². The maximum atomic E-state index is 12.9. The van der Waals surface area contributed by atoms with Crippen LogP contribution < -0.4 is 5.32 Å². The summed E-state index contributed by atoms with van der Waals surface area (Å²) in [7, 11) is 1.33. The number of aliphatic carboxylic acids is 1. The SMILES string of the molecule is CC1CC(C)(C)CC2(C1)NC(=O)N(CC(=O)N(C)CC(=O)O)C2=O. The van der Waals surface area contributed by atoms with E-state index in [0.29, 0.717) is 12.8 Å². The Morgan fingerprint density at radius 3 is 2.50 bits per heavy atom. The van der Waals surface area contributed by atoms with Gasteiger partial charge in [0.2, 0.25) is 5.91 Å². The molecule has 2 fully saturated rings. The molecule has 8 heteroatoms. The number of carbonyl (C=O) groups is 4. The summed E-state index contributed by atoms with van der Waals surface area (Å²) in [5.41, 5.74) is -1.04. The molecule has 8 nitrogen and oxygen atoms in total. The fourth-order valence-corrected chi connectivity index (χ4v) is 4.20. The summed E-state index contributed by atoms with van der Waals surface area (Å²) >= 11 is 0. The van der Waals surface area contributed by atoms with Crippen molar-refractivity contribution in [3.8, 4) is 0 Å². The Labute approximate surface area is 141 Å². The lowest BCUT2D eigenvalue weighted by Crippen LogP contribution is -2.54. The molecule has 0 radical (unpaired) electrons. The van der Waals surface area contributed by atoms with E-state index in [9.17, 15) is 19.2 Å². The number of nitrogens with one attached hydrogen (secondary N) is 1. The molecule has 2 unspecified atom stereocenters. The molecule has 2 N–H and O–H groups in total. The summed E-state index contributed by atoms with van der Waals surface area (Å²) in [4.78, 5) is 49.8. The first-order valence-electron chi connectivity index (χ1n) is 8.06. The van der Waals surface area contributed by atoms with Gasteiger partial charge in [0.1, 0.15) is 18.6 Å². The Morgan fingerprint density at radius 1 is 1.33 bits per heavy atom. The van der Waals surface area contributed by atoms with Crippen molar-refractivity contribution in [1.82, 2.24) is 15.1 Å². The number of carboxylic acid groups (broad SMARTS) is 1. The first-order valence-corrected chi connectivity index (χ1v) is 8.06. The molecular formula is C16H25N3O5. The number of imide groups is 1. The summed E-state index contributed by atoms with van der Waals surface area (Å²) in [5.74, 6) is -1.84. The molecular weight excluding hydrogens is 314 g/mol. The van der Waals surface area contributed by atoms with Crippen molar-refractivity contribution in [1.29, 1.82) is 0 Å². The zero-order valence-corrected chi connectivity index (χ0v) is 14.6. The third-order valence-electron chi connectivity index (χ3n) is 4.72. The Balaban J connectivity index is 2.14. The van der Waals surface area contributed by atoms with Crippen LogP contribution in [0.3, 0.4) is 0 Å². The van der Waals surface area contributed by atoms with Crippen molar-refractivity contribution in [3.05, 3.63) is 0 Å². The largest absolute Gasteiger partial charge is 0.480 e. The number of amides is 4. The average molecular weight is 339 g/mol. The molecule has 1 saturated carbocycles. The van der Waals surface area contributed by atoms with Crippen molar-refractivity contribution in [2.24, 2.45) is 11.3 Å². The van der Waals surface area contributed by atoms with Crippen LogP contribution in [0.4, 0.5) is 4.79 Å². The summed E-state index contributed by atoms with van der Waals surface area (Å²) < 4.78 is 0. The van der Waals surface area contributed by atoms with Crippen LogP contribution in [0.5, 0.6) is 0 Å². The molecule has 2 rings (SSSR count). The lowest BCUT2D eigenvalue weighted by molar-refractivity contribution is -0.145. The smallest absolute Gasteiger partial charge is 0.325 e. The van der Waals surface area contributed by atoms with Gasteiger partial charge in [0.25, 0.3) is 5.91 Å². The van der Waals surface area contributed by atoms with Gasteiger partial charge in [-0.05, 0) is 30.6 Å². The average Bonchev–Trinajstić information content (AvgIpc) is 2.59. The Kier molecular flexibility index (Phi) is 4.61. The van der Waals surface area contributed by atoms with Gasteiger partial charge in [0.15, 0.2) is 0 Å². The van der Waals surface area contributed by atoms with Gasteiger partial charge < -0.3 is 15.3 Å². The van der Waals surface area contributed by atoms with E-state index in [1.807, 2.05) is 0 Å². The van der Waals surface area contributed by atoms with Gasteiger partial charge in [-0.3, -0.25) is 19.3 Å². The van der Waals surface area contributed by atoms with E-state index in [2.05, 4.69) is 26.1 Å². The van der Waals surface area contributed by atoms with Gasteiger partial charge in [0.05, 0.1) is 0 Å². The van der Waals surface area contributed by atoms with Crippen LogP contribution in [-0.2, 0) is 14.4 Å². The minimum absolute atomic E-state index is 0.0826. The van der Waals surface area contributed by atoms with E-state index in [0.717, 1.165) is 16.2 Å². The van der Waals surface area contributed by atoms with E-state index < -0.39 is 36.5 Å². The maximum Gasteiger partial charge on any atom is 0.325 e. The predicted molar refractivity (Wildman–Crippen MR) is 85.0 cm³/mol. The van der Waals surface area contributed by atoms with Crippen molar-refractivity contribution < 1.29 is 24.3 Å². The number of urea groups is 1. The van der Waals surface area contributed by atoms with Crippen molar-refractivity contribution in [2.45, 2.75) is 45.6 Å². The lowest BCUT2D eigenvalue weighted by atomic mass is 9.64. The van der Waals surface area contributed by atoms with Crippen LogP contribution in [0.1, 0.15) is 40.0 Å². The normalized spacial score (nSPS) is 28.8. The highest BCUT2D eigenvalue weighted by atomic mass is 16.4. The Bertz CT molecular complexity index is 588. The first kappa shape index (κ1) is 18.2. The first-order chi connectivity index (χ1) is 11.0. The number of hydrogen-bond donors (Lipinski definition) is 2. The molecule has 1 spiro atoms. The molecule has 0 aromatic heterocycles. The van der Waals surface area contributed by atoms with Crippen LogP contribution in [0.25, 0.3) is 0 Å². The number of likely N-dealkylation sites (N-methyl/N-ethyl adjacent to an activating group) is 1. The number of carboxylic acids is 1. The van der Waals surface area contributed by atoms with Crippen LogP contribution in [0.2, 0.25) is 0 Å². The number of carbonyl (C=O) groups excluding carboxylic acids is 3. The van der Waals surface area contributed by atoms with E-state index in [1.165, 1.54) is 7.05 Å².